The van der Waals surface area contributed by atoms with Gasteiger partial charge < -0.3 is 14.8 Å². The van der Waals surface area contributed by atoms with Gasteiger partial charge in [-0.1, -0.05) is 23.7 Å². The molecule has 1 N–H and O–H groups in total. The lowest BCUT2D eigenvalue weighted by Crippen LogP contribution is -2.18. The quantitative estimate of drug-likeness (QED) is 0.911. The van der Waals surface area contributed by atoms with Gasteiger partial charge in [0.2, 0.25) is 0 Å². The number of hydrogen-bond donors (Lipinski definition) is 1. The van der Waals surface area contributed by atoms with E-state index in [9.17, 15) is 4.39 Å². The summed E-state index contributed by atoms with van der Waals surface area (Å²) in [5.74, 6) is 0.437. The normalized spacial score (nSPS) is 12.0. The summed E-state index contributed by atoms with van der Waals surface area (Å²) in [5, 5.41) is 3.67. The molecule has 0 aliphatic carbocycles. The van der Waals surface area contributed by atoms with Crippen LogP contribution in [0.1, 0.15) is 17.2 Å². The highest BCUT2D eigenvalue weighted by molar-refractivity contribution is 6.32. The molecule has 0 aromatic heterocycles. The molecule has 2 aromatic rings. The zero-order chi connectivity index (χ0) is 15.4. The fourth-order valence-electron chi connectivity index (χ4n) is 2.25. The highest BCUT2D eigenvalue weighted by Crippen LogP contribution is 2.31. The van der Waals surface area contributed by atoms with Crippen LogP contribution in [0.5, 0.6) is 11.5 Å². The summed E-state index contributed by atoms with van der Waals surface area (Å²) in [6.45, 7) is 0. The zero-order valence-electron chi connectivity index (χ0n) is 12.1. The summed E-state index contributed by atoms with van der Waals surface area (Å²) in [6, 6.07) is 10.2. The van der Waals surface area contributed by atoms with Crippen LogP contribution in [0.25, 0.3) is 0 Å². The van der Waals surface area contributed by atoms with Crippen LogP contribution in [0.3, 0.4) is 0 Å². The van der Waals surface area contributed by atoms with Crippen LogP contribution in [0, 0.1) is 5.82 Å². The molecule has 2 aromatic carbocycles. The molecule has 5 heteroatoms. The van der Waals surface area contributed by atoms with Crippen molar-refractivity contribution in [3.63, 3.8) is 0 Å². The van der Waals surface area contributed by atoms with E-state index >= 15 is 0 Å². The highest BCUT2D eigenvalue weighted by Gasteiger charge is 2.16. The lowest BCUT2D eigenvalue weighted by atomic mass is 9.98. The van der Waals surface area contributed by atoms with Gasteiger partial charge in [-0.05, 0) is 42.4 Å². The van der Waals surface area contributed by atoms with Crippen molar-refractivity contribution in [1.29, 1.82) is 0 Å². The smallest absolute Gasteiger partial charge is 0.165 e. The first kappa shape index (κ1) is 15.6. The molecule has 0 spiro atoms. The topological polar surface area (TPSA) is 30.5 Å². The van der Waals surface area contributed by atoms with Crippen LogP contribution in [0.2, 0.25) is 5.02 Å². The van der Waals surface area contributed by atoms with Crippen molar-refractivity contribution in [2.45, 2.75) is 6.04 Å². The molecule has 0 radical (unpaired) electrons. The minimum absolute atomic E-state index is 0.172. The van der Waals surface area contributed by atoms with Gasteiger partial charge in [-0.25, -0.2) is 4.39 Å². The van der Waals surface area contributed by atoms with Crippen molar-refractivity contribution < 1.29 is 13.9 Å². The molecule has 0 fully saturated rings. The van der Waals surface area contributed by atoms with Gasteiger partial charge in [-0.15, -0.1) is 0 Å². The van der Waals surface area contributed by atoms with Gasteiger partial charge in [0.15, 0.2) is 11.6 Å². The largest absolute Gasteiger partial charge is 0.495 e. The highest BCUT2D eigenvalue weighted by atomic mass is 35.5. The second-order valence-corrected chi connectivity index (χ2v) is 4.92. The molecule has 1 unspecified atom stereocenters. The summed E-state index contributed by atoms with van der Waals surface area (Å²) >= 11 is 6.15. The Morgan fingerprint density at radius 2 is 1.57 bits per heavy atom. The van der Waals surface area contributed by atoms with Crippen molar-refractivity contribution in [2.24, 2.45) is 0 Å². The number of benzene rings is 2. The van der Waals surface area contributed by atoms with E-state index in [2.05, 4.69) is 5.32 Å². The Morgan fingerprint density at radius 1 is 1.00 bits per heavy atom. The second kappa shape index (κ2) is 6.78. The third-order valence-electron chi connectivity index (χ3n) is 3.31. The Labute approximate surface area is 128 Å². The Kier molecular flexibility index (Phi) is 5.04. The first-order valence-electron chi connectivity index (χ1n) is 6.44. The Morgan fingerprint density at radius 3 is 2.05 bits per heavy atom. The average molecular weight is 310 g/mol. The van der Waals surface area contributed by atoms with E-state index in [1.165, 1.54) is 13.2 Å². The van der Waals surface area contributed by atoms with Gasteiger partial charge >= 0.3 is 0 Å². The van der Waals surface area contributed by atoms with Gasteiger partial charge in [0, 0.05) is 0 Å². The molecule has 0 heterocycles. The van der Waals surface area contributed by atoms with Gasteiger partial charge in [-0.2, -0.15) is 0 Å². The molecule has 1 atom stereocenters. The maximum absolute atomic E-state index is 13.9. The van der Waals surface area contributed by atoms with E-state index in [0.29, 0.717) is 10.8 Å². The number of nitrogens with one attached hydrogen (secondary N) is 1. The van der Waals surface area contributed by atoms with Crippen molar-refractivity contribution in [3.8, 4) is 11.5 Å². The van der Waals surface area contributed by atoms with Crippen LogP contribution in [-0.2, 0) is 0 Å². The summed E-state index contributed by atoms with van der Waals surface area (Å²) in [5.41, 5.74) is 1.71. The SMILES string of the molecule is CNC(c1ccc(OC)c(F)c1)c1ccc(OC)c(Cl)c1. The Hall–Kier alpha value is -1.78. The van der Waals surface area contributed by atoms with E-state index in [1.54, 1.807) is 19.2 Å². The predicted molar refractivity (Wildman–Crippen MR) is 81.9 cm³/mol. The predicted octanol–water partition coefficient (Wildman–Crippen LogP) is 3.81. The van der Waals surface area contributed by atoms with Crippen molar-refractivity contribution >= 4 is 11.6 Å². The molecule has 0 bridgehead atoms. The third-order valence-corrected chi connectivity index (χ3v) is 3.60. The maximum atomic E-state index is 13.9. The number of methoxy groups -OCH3 is 2. The second-order valence-electron chi connectivity index (χ2n) is 4.51. The monoisotopic (exact) mass is 309 g/mol. The van der Waals surface area contributed by atoms with Gasteiger partial charge in [0.05, 0.1) is 25.3 Å². The summed E-state index contributed by atoms with van der Waals surface area (Å²) in [4.78, 5) is 0. The van der Waals surface area contributed by atoms with Gasteiger partial charge in [0.25, 0.3) is 0 Å². The van der Waals surface area contributed by atoms with Crippen LogP contribution in [0.15, 0.2) is 36.4 Å². The molecule has 0 saturated heterocycles. The molecule has 2 rings (SSSR count). The van der Waals surface area contributed by atoms with E-state index in [0.717, 1.165) is 11.1 Å². The minimum Gasteiger partial charge on any atom is -0.495 e. The van der Waals surface area contributed by atoms with Crippen LogP contribution in [0.4, 0.5) is 4.39 Å². The molecular formula is C16H17ClFNO2. The summed E-state index contributed by atoms with van der Waals surface area (Å²) in [7, 11) is 4.82. The molecular weight excluding hydrogens is 293 g/mol. The van der Waals surface area contributed by atoms with Gasteiger partial charge in [0.1, 0.15) is 5.75 Å². The lowest BCUT2D eigenvalue weighted by Gasteiger charge is -2.19. The standard InChI is InChI=1S/C16H17ClFNO2/c1-19-16(10-4-6-14(20-2)12(17)8-10)11-5-7-15(21-3)13(18)9-11/h4-9,16,19H,1-3H3. The molecule has 112 valence electrons. The van der Waals surface area contributed by atoms with Crippen LogP contribution in [-0.4, -0.2) is 21.3 Å². The summed E-state index contributed by atoms with van der Waals surface area (Å²) in [6.07, 6.45) is 0. The average Bonchev–Trinajstić information content (AvgIpc) is 2.48. The van der Waals surface area contributed by atoms with Crippen LogP contribution >= 0.6 is 11.6 Å². The molecule has 0 aliphatic rings. The first-order valence-corrected chi connectivity index (χ1v) is 6.82. The summed E-state index contributed by atoms with van der Waals surface area (Å²) < 4.78 is 23.9. The van der Waals surface area contributed by atoms with Crippen LogP contribution < -0.4 is 14.8 Å². The molecule has 0 aliphatic heterocycles. The number of hydrogen-bond acceptors (Lipinski definition) is 3. The van der Waals surface area contributed by atoms with Gasteiger partial charge in [-0.3, -0.25) is 0 Å². The van der Waals surface area contributed by atoms with E-state index < -0.39 is 5.82 Å². The maximum Gasteiger partial charge on any atom is 0.165 e. The minimum atomic E-state index is -0.394. The lowest BCUT2D eigenvalue weighted by molar-refractivity contribution is 0.386. The van der Waals surface area contributed by atoms with E-state index in [1.807, 2.05) is 25.2 Å². The number of rotatable bonds is 5. The molecule has 0 amide bonds. The Balaban J connectivity index is 2.39. The number of halogens is 2. The van der Waals surface area contributed by atoms with Crippen molar-refractivity contribution in [2.75, 3.05) is 21.3 Å². The molecule has 3 nitrogen and oxygen atoms in total. The van der Waals surface area contributed by atoms with Crippen molar-refractivity contribution in [3.05, 3.63) is 58.4 Å². The van der Waals surface area contributed by atoms with E-state index in [4.69, 9.17) is 21.1 Å². The zero-order valence-corrected chi connectivity index (χ0v) is 12.9. The fourth-order valence-corrected chi connectivity index (χ4v) is 2.52. The Bertz CT molecular complexity index is 580. The first-order chi connectivity index (χ1) is 10.1. The molecule has 0 saturated carbocycles. The third kappa shape index (κ3) is 3.28. The van der Waals surface area contributed by atoms with E-state index in [-0.39, 0.29) is 11.8 Å². The van der Waals surface area contributed by atoms with Crippen molar-refractivity contribution in [1.82, 2.24) is 5.32 Å². The number of ether oxygens (including phenoxy) is 2. The fraction of sp³-hybridized carbons (Fsp3) is 0.250. The molecule has 21 heavy (non-hydrogen) atoms.